The van der Waals surface area contributed by atoms with Crippen molar-refractivity contribution >= 4 is 24.3 Å². The highest BCUT2D eigenvalue weighted by molar-refractivity contribution is 5.96. The summed E-state index contributed by atoms with van der Waals surface area (Å²) in [6.07, 6.45) is 0.932. The lowest BCUT2D eigenvalue weighted by Crippen LogP contribution is -2.58. The molecule has 92 valence electrons. The molecule has 2 N–H and O–H groups in total. The second-order valence-corrected chi connectivity index (χ2v) is 4.24. The number of carbonyl (C=O) groups is 2. The summed E-state index contributed by atoms with van der Waals surface area (Å²) in [5.74, 6) is 0.411. The van der Waals surface area contributed by atoms with E-state index in [-0.39, 0.29) is 30.3 Å². The molecule has 2 atom stereocenters. The van der Waals surface area contributed by atoms with Gasteiger partial charge in [0.25, 0.3) is 0 Å². The monoisotopic (exact) mass is 247 g/mol. The number of nitrogens with one attached hydrogen (secondary N) is 2. The SMILES string of the molecule is CCNC(=O)N1CC2CNCC(C2)C1=O.Cl. The van der Waals surface area contributed by atoms with Gasteiger partial charge in [0.15, 0.2) is 0 Å². The number of hydrogen-bond acceptors (Lipinski definition) is 3. The molecule has 0 aromatic carbocycles. The van der Waals surface area contributed by atoms with Crippen molar-refractivity contribution in [2.75, 3.05) is 26.2 Å². The fourth-order valence-corrected chi connectivity index (χ4v) is 2.36. The van der Waals surface area contributed by atoms with E-state index < -0.39 is 0 Å². The molecular formula is C10H18ClN3O2. The number of amides is 3. The van der Waals surface area contributed by atoms with Gasteiger partial charge in [0.05, 0.1) is 5.92 Å². The van der Waals surface area contributed by atoms with Gasteiger partial charge >= 0.3 is 6.03 Å². The van der Waals surface area contributed by atoms with Crippen LogP contribution in [0.15, 0.2) is 0 Å². The number of imide groups is 1. The Kier molecular flexibility index (Phi) is 4.56. The Hall–Kier alpha value is -0.810. The van der Waals surface area contributed by atoms with Crippen molar-refractivity contribution in [3.05, 3.63) is 0 Å². The van der Waals surface area contributed by atoms with E-state index in [1.54, 1.807) is 0 Å². The third kappa shape index (κ3) is 2.47. The zero-order chi connectivity index (χ0) is 10.8. The summed E-state index contributed by atoms with van der Waals surface area (Å²) in [6.45, 7) is 4.62. The standard InChI is InChI=1S/C10H17N3O2.ClH/c1-2-12-10(15)13-6-7-3-8(9(13)14)5-11-4-7;/h7-8,11H,2-6H2,1H3,(H,12,15);1H. The molecule has 2 saturated heterocycles. The minimum atomic E-state index is -0.237. The topological polar surface area (TPSA) is 61.4 Å². The third-order valence-corrected chi connectivity index (χ3v) is 3.07. The molecule has 0 saturated carbocycles. The molecule has 2 heterocycles. The van der Waals surface area contributed by atoms with Crippen LogP contribution in [0.4, 0.5) is 4.79 Å². The summed E-state index contributed by atoms with van der Waals surface area (Å²) in [6, 6.07) is -0.237. The normalized spacial score (nSPS) is 28.3. The number of piperidine rings is 2. The minimum absolute atomic E-state index is 0. The van der Waals surface area contributed by atoms with Gasteiger partial charge in [-0.1, -0.05) is 0 Å². The molecule has 2 rings (SSSR count). The molecular weight excluding hydrogens is 230 g/mol. The zero-order valence-corrected chi connectivity index (χ0v) is 10.2. The number of hydrogen-bond donors (Lipinski definition) is 2. The molecule has 16 heavy (non-hydrogen) atoms. The average molecular weight is 248 g/mol. The highest BCUT2D eigenvalue weighted by atomic mass is 35.5. The van der Waals surface area contributed by atoms with E-state index in [9.17, 15) is 9.59 Å². The number of nitrogens with zero attached hydrogens (tertiary/aromatic N) is 1. The Balaban J connectivity index is 0.00000128. The van der Waals surface area contributed by atoms with Gasteiger partial charge < -0.3 is 10.6 Å². The molecule has 0 aromatic heterocycles. The van der Waals surface area contributed by atoms with Crippen molar-refractivity contribution in [2.24, 2.45) is 11.8 Å². The quantitative estimate of drug-likeness (QED) is 0.696. The van der Waals surface area contributed by atoms with Crippen LogP contribution < -0.4 is 10.6 Å². The molecule has 2 bridgehead atoms. The number of likely N-dealkylation sites (tertiary alicyclic amines) is 1. The second kappa shape index (κ2) is 5.50. The van der Waals surface area contributed by atoms with Crippen LogP contribution in [-0.2, 0) is 4.79 Å². The van der Waals surface area contributed by atoms with Crippen LogP contribution in [0.5, 0.6) is 0 Å². The lowest BCUT2D eigenvalue weighted by molar-refractivity contribution is -0.137. The number of urea groups is 1. The van der Waals surface area contributed by atoms with Gasteiger partial charge in [0.2, 0.25) is 5.91 Å². The van der Waals surface area contributed by atoms with Crippen LogP contribution in [0.25, 0.3) is 0 Å². The largest absolute Gasteiger partial charge is 0.338 e. The van der Waals surface area contributed by atoms with Crippen molar-refractivity contribution in [1.29, 1.82) is 0 Å². The molecule has 2 unspecified atom stereocenters. The first-order chi connectivity index (χ1) is 7.22. The van der Waals surface area contributed by atoms with Crippen molar-refractivity contribution in [3.8, 4) is 0 Å². The van der Waals surface area contributed by atoms with Crippen LogP contribution in [-0.4, -0.2) is 43.0 Å². The first-order valence-electron chi connectivity index (χ1n) is 5.52. The molecule has 6 heteroatoms. The van der Waals surface area contributed by atoms with E-state index in [2.05, 4.69) is 10.6 Å². The van der Waals surface area contributed by atoms with Crippen molar-refractivity contribution < 1.29 is 9.59 Å². The van der Waals surface area contributed by atoms with Gasteiger partial charge in [-0.2, -0.15) is 0 Å². The average Bonchev–Trinajstić information content (AvgIpc) is 2.24. The summed E-state index contributed by atoms with van der Waals surface area (Å²) >= 11 is 0. The highest BCUT2D eigenvalue weighted by Gasteiger charge is 2.39. The molecule has 2 aliphatic rings. The lowest BCUT2D eigenvalue weighted by Gasteiger charge is -2.39. The highest BCUT2D eigenvalue weighted by Crippen LogP contribution is 2.25. The Labute approximate surface area is 101 Å². The minimum Gasteiger partial charge on any atom is -0.338 e. The maximum atomic E-state index is 11.9. The smallest absolute Gasteiger partial charge is 0.324 e. The van der Waals surface area contributed by atoms with Gasteiger partial charge in [-0.15, -0.1) is 12.4 Å². The third-order valence-electron chi connectivity index (χ3n) is 3.07. The molecule has 0 radical (unpaired) electrons. The van der Waals surface area contributed by atoms with E-state index in [0.717, 1.165) is 13.0 Å². The van der Waals surface area contributed by atoms with Crippen LogP contribution >= 0.6 is 12.4 Å². The lowest BCUT2D eigenvalue weighted by atomic mass is 9.85. The number of halogens is 1. The van der Waals surface area contributed by atoms with Crippen LogP contribution in [0.2, 0.25) is 0 Å². The van der Waals surface area contributed by atoms with E-state index in [4.69, 9.17) is 0 Å². The van der Waals surface area contributed by atoms with Gasteiger partial charge in [-0.3, -0.25) is 9.69 Å². The molecule has 0 aliphatic carbocycles. The molecule has 2 fully saturated rings. The summed E-state index contributed by atoms with van der Waals surface area (Å²) in [5.41, 5.74) is 0. The molecule has 0 spiro atoms. The number of rotatable bonds is 1. The van der Waals surface area contributed by atoms with Crippen molar-refractivity contribution in [2.45, 2.75) is 13.3 Å². The fraction of sp³-hybridized carbons (Fsp3) is 0.800. The van der Waals surface area contributed by atoms with E-state index in [0.29, 0.717) is 25.6 Å². The maximum Gasteiger partial charge on any atom is 0.324 e. The van der Waals surface area contributed by atoms with Gasteiger partial charge in [-0.05, 0) is 25.8 Å². The molecule has 0 aromatic rings. The van der Waals surface area contributed by atoms with Crippen molar-refractivity contribution in [3.63, 3.8) is 0 Å². The molecule has 2 aliphatic heterocycles. The summed E-state index contributed by atoms with van der Waals surface area (Å²) in [4.78, 5) is 24.9. The Morgan fingerprint density at radius 3 is 3.00 bits per heavy atom. The van der Waals surface area contributed by atoms with Crippen molar-refractivity contribution in [1.82, 2.24) is 15.5 Å². The first kappa shape index (κ1) is 13.3. The Morgan fingerprint density at radius 1 is 1.56 bits per heavy atom. The van der Waals surface area contributed by atoms with Crippen LogP contribution in [0.1, 0.15) is 13.3 Å². The first-order valence-corrected chi connectivity index (χ1v) is 5.52. The predicted molar refractivity (Wildman–Crippen MR) is 62.5 cm³/mol. The Bertz CT molecular complexity index is 285. The van der Waals surface area contributed by atoms with E-state index in [1.807, 2.05) is 6.92 Å². The van der Waals surface area contributed by atoms with E-state index in [1.165, 1.54) is 4.90 Å². The predicted octanol–water partition coefficient (Wildman–Crippen LogP) is 0.206. The van der Waals surface area contributed by atoms with Crippen LogP contribution in [0.3, 0.4) is 0 Å². The van der Waals surface area contributed by atoms with Gasteiger partial charge in [0, 0.05) is 19.6 Å². The fourth-order valence-electron chi connectivity index (χ4n) is 2.36. The van der Waals surface area contributed by atoms with Gasteiger partial charge in [-0.25, -0.2) is 4.79 Å². The van der Waals surface area contributed by atoms with Crippen LogP contribution in [0, 0.1) is 11.8 Å². The number of carbonyl (C=O) groups excluding carboxylic acids is 2. The molecule has 5 nitrogen and oxygen atoms in total. The second-order valence-electron chi connectivity index (χ2n) is 4.24. The Morgan fingerprint density at radius 2 is 2.31 bits per heavy atom. The maximum absolute atomic E-state index is 11.9. The number of fused-ring (bicyclic) bond motifs is 2. The zero-order valence-electron chi connectivity index (χ0n) is 9.36. The summed E-state index contributed by atoms with van der Waals surface area (Å²) < 4.78 is 0. The summed E-state index contributed by atoms with van der Waals surface area (Å²) in [5, 5.41) is 5.91. The van der Waals surface area contributed by atoms with E-state index >= 15 is 0 Å². The van der Waals surface area contributed by atoms with Gasteiger partial charge in [0.1, 0.15) is 0 Å². The molecule has 3 amide bonds. The summed E-state index contributed by atoms with van der Waals surface area (Å²) in [7, 11) is 0.